The second-order valence-electron chi connectivity index (χ2n) is 4.73. The number of carbonyl (C=O) groups is 2. The summed E-state index contributed by atoms with van der Waals surface area (Å²) in [6, 6.07) is 8.93. The lowest BCUT2D eigenvalue weighted by atomic mass is 9.91. The highest BCUT2D eigenvalue weighted by molar-refractivity contribution is 5.96. The Hall–Kier alpha value is -1.52. The zero-order valence-electron chi connectivity index (χ0n) is 11.1. The Morgan fingerprint density at radius 2 is 1.89 bits per heavy atom. The van der Waals surface area contributed by atoms with E-state index in [9.17, 15) is 9.59 Å². The first-order valence-electron chi connectivity index (χ1n) is 6.67. The Morgan fingerprint density at radius 3 is 2.47 bits per heavy atom. The molecule has 1 unspecified atom stereocenters. The van der Waals surface area contributed by atoms with Crippen molar-refractivity contribution in [1.29, 1.82) is 0 Å². The molecule has 0 bridgehead atoms. The Morgan fingerprint density at radius 1 is 1.21 bits per heavy atom. The lowest BCUT2D eigenvalue weighted by molar-refractivity contribution is -0.128. The largest absolute Gasteiger partial charge is 0.330 e. The summed E-state index contributed by atoms with van der Waals surface area (Å²) in [5, 5.41) is 0. The zero-order valence-corrected chi connectivity index (χ0v) is 11.1. The summed E-state index contributed by atoms with van der Waals surface area (Å²) >= 11 is 0. The van der Waals surface area contributed by atoms with Crippen LogP contribution in [-0.4, -0.2) is 24.7 Å². The van der Waals surface area contributed by atoms with Gasteiger partial charge in [-0.3, -0.25) is 4.79 Å². The molecule has 0 saturated heterocycles. The molecule has 0 aliphatic heterocycles. The molecule has 19 heavy (non-hydrogen) atoms. The van der Waals surface area contributed by atoms with E-state index in [0.29, 0.717) is 25.7 Å². The predicted molar refractivity (Wildman–Crippen MR) is 75.6 cm³/mol. The fourth-order valence-electron chi connectivity index (χ4n) is 2.01. The third kappa shape index (κ3) is 5.32. The molecule has 0 radical (unpaired) electrons. The highest BCUT2D eigenvalue weighted by Crippen LogP contribution is 2.11. The molecular weight excluding hydrogens is 240 g/mol. The standard InChI is InChI=1S/C15H22N2O2/c16-9-5-4-8-14(17)15(19)13(11-18)10-12-6-2-1-3-7-12/h1-3,6-7,11,13-14H,4-5,8-10,16-17H2/t13?,14-/m1/s1. The van der Waals surface area contributed by atoms with Crippen LogP contribution in [0.4, 0.5) is 0 Å². The molecule has 0 heterocycles. The van der Waals surface area contributed by atoms with Crippen molar-refractivity contribution in [3.05, 3.63) is 35.9 Å². The lowest BCUT2D eigenvalue weighted by Crippen LogP contribution is -2.37. The van der Waals surface area contributed by atoms with E-state index in [1.165, 1.54) is 0 Å². The van der Waals surface area contributed by atoms with Crippen molar-refractivity contribution >= 4 is 12.1 Å². The fraction of sp³-hybridized carbons (Fsp3) is 0.467. The van der Waals surface area contributed by atoms with E-state index in [0.717, 1.165) is 18.4 Å². The van der Waals surface area contributed by atoms with E-state index < -0.39 is 12.0 Å². The fourth-order valence-corrected chi connectivity index (χ4v) is 2.01. The van der Waals surface area contributed by atoms with Crippen LogP contribution in [0.5, 0.6) is 0 Å². The summed E-state index contributed by atoms with van der Waals surface area (Å²) in [5.41, 5.74) is 12.2. The van der Waals surface area contributed by atoms with Gasteiger partial charge in [0.15, 0.2) is 5.78 Å². The van der Waals surface area contributed by atoms with Gasteiger partial charge in [0.25, 0.3) is 0 Å². The maximum absolute atomic E-state index is 12.1. The van der Waals surface area contributed by atoms with Crippen LogP contribution in [0.15, 0.2) is 30.3 Å². The summed E-state index contributed by atoms with van der Waals surface area (Å²) < 4.78 is 0. The molecule has 4 N–H and O–H groups in total. The molecule has 0 fully saturated rings. The van der Waals surface area contributed by atoms with Crippen LogP contribution >= 0.6 is 0 Å². The number of aldehydes is 1. The normalized spacial score (nSPS) is 13.8. The minimum absolute atomic E-state index is 0.170. The average molecular weight is 262 g/mol. The molecule has 2 atom stereocenters. The molecule has 0 aliphatic carbocycles. The van der Waals surface area contributed by atoms with Crippen LogP contribution in [0.2, 0.25) is 0 Å². The van der Waals surface area contributed by atoms with Gasteiger partial charge in [-0.15, -0.1) is 0 Å². The van der Waals surface area contributed by atoms with Crippen molar-refractivity contribution in [2.75, 3.05) is 6.54 Å². The van der Waals surface area contributed by atoms with Gasteiger partial charge >= 0.3 is 0 Å². The van der Waals surface area contributed by atoms with E-state index in [2.05, 4.69) is 0 Å². The molecule has 0 amide bonds. The van der Waals surface area contributed by atoms with Crippen LogP contribution in [0.3, 0.4) is 0 Å². The first kappa shape index (κ1) is 15.5. The molecule has 1 rings (SSSR count). The number of rotatable bonds is 9. The van der Waals surface area contributed by atoms with Gasteiger partial charge in [0.1, 0.15) is 6.29 Å². The third-order valence-corrected chi connectivity index (χ3v) is 3.16. The van der Waals surface area contributed by atoms with Crippen LogP contribution < -0.4 is 11.5 Å². The third-order valence-electron chi connectivity index (χ3n) is 3.16. The minimum atomic E-state index is -0.643. The monoisotopic (exact) mass is 262 g/mol. The Kier molecular flexibility index (Phi) is 7.00. The van der Waals surface area contributed by atoms with Crippen molar-refractivity contribution in [2.45, 2.75) is 31.7 Å². The van der Waals surface area contributed by atoms with Crippen molar-refractivity contribution < 1.29 is 9.59 Å². The van der Waals surface area contributed by atoms with Crippen LogP contribution in [0, 0.1) is 5.92 Å². The second-order valence-corrected chi connectivity index (χ2v) is 4.73. The van der Waals surface area contributed by atoms with Crippen molar-refractivity contribution in [3.63, 3.8) is 0 Å². The molecule has 1 aromatic rings. The van der Waals surface area contributed by atoms with Crippen molar-refractivity contribution in [1.82, 2.24) is 0 Å². The molecule has 0 aromatic heterocycles. The van der Waals surface area contributed by atoms with Gasteiger partial charge < -0.3 is 16.3 Å². The SMILES string of the molecule is NCCCC[C@@H](N)C(=O)C(C=O)Cc1ccccc1. The molecule has 104 valence electrons. The van der Waals surface area contributed by atoms with E-state index in [1.807, 2.05) is 30.3 Å². The topological polar surface area (TPSA) is 86.2 Å². The average Bonchev–Trinajstić information content (AvgIpc) is 2.45. The molecule has 1 aromatic carbocycles. The molecule has 0 aliphatic rings. The van der Waals surface area contributed by atoms with Crippen LogP contribution in [0.1, 0.15) is 24.8 Å². The van der Waals surface area contributed by atoms with Crippen molar-refractivity contribution in [2.24, 2.45) is 17.4 Å². The maximum atomic E-state index is 12.1. The first-order chi connectivity index (χ1) is 9.19. The number of benzene rings is 1. The highest BCUT2D eigenvalue weighted by atomic mass is 16.1. The Bertz CT molecular complexity index is 392. The highest BCUT2D eigenvalue weighted by Gasteiger charge is 2.23. The van der Waals surface area contributed by atoms with E-state index in [1.54, 1.807) is 0 Å². The van der Waals surface area contributed by atoms with Gasteiger partial charge in [0.2, 0.25) is 0 Å². The minimum Gasteiger partial charge on any atom is -0.330 e. The Balaban J connectivity index is 2.54. The smallest absolute Gasteiger partial charge is 0.159 e. The number of nitrogens with two attached hydrogens (primary N) is 2. The van der Waals surface area contributed by atoms with E-state index >= 15 is 0 Å². The quantitative estimate of drug-likeness (QED) is 0.396. The lowest BCUT2D eigenvalue weighted by Gasteiger charge is -2.15. The van der Waals surface area contributed by atoms with Crippen molar-refractivity contribution in [3.8, 4) is 0 Å². The first-order valence-corrected chi connectivity index (χ1v) is 6.67. The van der Waals surface area contributed by atoms with Crippen LogP contribution in [0.25, 0.3) is 0 Å². The summed E-state index contributed by atoms with van der Waals surface area (Å²) in [5.74, 6) is -0.814. The number of unbranched alkanes of at least 4 members (excludes halogenated alkanes) is 1. The summed E-state index contributed by atoms with van der Waals surface area (Å²) in [6.07, 6.45) is 3.40. The molecule has 0 saturated carbocycles. The van der Waals surface area contributed by atoms with E-state index in [4.69, 9.17) is 11.5 Å². The van der Waals surface area contributed by atoms with Crippen LogP contribution in [-0.2, 0) is 16.0 Å². The molecular formula is C15H22N2O2. The van der Waals surface area contributed by atoms with Gasteiger partial charge in [0, 0.05) is 0 Å². The number of ketones is 1. The number of hydrogen-bond donors (Lipinski definition) is 2. The Labute approximate surface area is 114 Å². The van der Waals surface area contributed by atoms with Gasteiger partial charge in [-0.05, 0) is 31.4 Å². The zero-order chi connectivity index (χ0) is 14.1. The van der Waals surface area contributed by atoms with Gasteiger partial charge in [0.05, 0.1) is 12.0 Å². The van der Waals surface area contributed by atoms with Gasteiger partial charge in [-0.1, -0.05) is 36.8 Å². The van der Waals surface area contributed by atoms with E-state index in [-0.39, 0.29) is 5.78 Å². The summed E-state index contributed by atoms with van der Waals surface area (Å²) in [7, 11) is 0. The maximum Gasteiger partial charge on any atom is 0.159 e. The summed E-state index contributed by atoms with van der Waals surface area (Å²) in [4.78, 5) is 23.2. The molecule has 0 spiro atoms. The summed E-state index contributed by atoms with van der Waals surface area (Å²) in [6.45, 7) is 0.599. The molecule has 4 heteroatoms. The number of Topliss-reactive ketones (excluding diaryl/α,β-unsaturated/α-hetero) is 1. The predicted octanol–water partition coefficient (Wildman–Crippen LogP) is 1.07. The number of hydrogen-bond acceptors (Lipinski definition) is 4. The second kappa shape index (κ2) is 8.56. The number of carbonyl (C=O) groups excluding carboxylic acids is 2. The van der Waals surface area contributed by atoms with Gasteiger partial charge in [-0.2, -0.15) is 0 Å². The van der Waals surface area contributed by atoms with Gasteiger partial charge in [-0.25, -0.2) is 0 Å². The molecule has 4 nitrogen and oxygen atoms in total.